The van der Waals surface area contributed by atoms with Gasteiger partial charge in [-0.15, -0.1) is 0 Å². The highest BCUT2D eigenvalue weighted by Crippen LogP contribution is 2.32. The first-order chi connectivity index (χ1) is 14.4. The molecule has 30 heavy (non-hydrogen) atoms. The molecule has 1 atom stereocenters. The number of nitrogens with one attached hydrogen (secondary N) is 2. The zero-order valence-corrected chi connectivity index (χ0v) is 17.8. The van der Waals surface area contributed by atoms with Crippen molar-refractivity contribution in [2.45, 2.75) is 19.4 Å². The predicted octanol–water partition coefficient (Wildman–Crippen LogP) is 5.57. The molecule has 0 amide bonds. The van der Waals surface area contributed by atoms with Crippen molar-refractivity contribution >= 4 is 30.2 Å². The first-order valence-electron chi connectivity index (χ1n) is 9.37. The van der Waals surface area contributed by atoms with Crippen molar-refractivity contribution < 1.29 is 4.39 Å². The summed E-state index contributed by atoms with van der Waals surface area (Å²) in [5.41, 5.74) is 3.01. The van der Waals surface area contributed by atoms with Crippen LogP contribution in [0.5, 0.6) is 0 Å². The van der Waals surface area contributed by atoms with Crippen LogP contribution in [0.4, 0.5) is 4.39 Å². The number of hydrogen-bond donors (Lipinski definition) is 2. The van der Waals surface area contributed by atoms with Crippen LogP contribution in [0.1, 0.15) is 24.9 Å². The summed E-state index contributed by atoms with van der Waals surface area (Å²) in [6.07, 6.45) is 12.4. The van der Waals surface area contributed by atoms with E-state index in [4.69, 9.17) is 17.0 Å². The quantitative estimate of drug-likeness (QED) is 0.508. The van der Waals surface area contributed by atoms with Gasteiger partial charge >= 0.3 is 0 Å². The van der Waals surface area contributed by atoms with E-state index in [0.29, 0.717) is 11.5 Å². The van der Waals surface area contributed by atoms with Crippen LogP contribution >= 0.6 is 11.6 Å². The lowest BCUT2D eigenvalue weighted by atomic mass is 9.99. The minimum Gasteiger partial charge on any atom is -0.373 e. The van der Waals surface area contributed by atoms with Crippen molar-refractivity contribution in [3.05, 3.63) is 95.0 Å². The minimum atomic E-state index is -0.440. The standard InChI is InChI=1S/C23H25ClFN5/c1-5-22(18-6-7-19(24)20(25)15-18)30-13-10-17(14-16(30)2)21(9-12-27-3)29-23(28-4)8-11-26/h6-15,22,26,28H,2-3,5H2,1,4H3/b12-9-,23-8+,26-11?,29-21+. The van der Waals surface area contributed by atoms with Gasteiger partial charge in [-0.2, -0.15) is 0 Å². The maximum Gasteiger partial charge on any atom is 0.142 e. The third-order valence-electron chi connectivity index (χ3n) is 4.49. The Morgan fingerprint density at radius 3 is 2.77 bits per heavy atom. The molecule has 1 heterocycles. The summed E-state index contributed by atoms with van der Waals surface area (Å²) in [6.45, 7) is 9.67. The average molecular weight is 426 g/mol. The molecule has 0 fully saturated rings. The maximum atomic E-state index is 14.0. The van der Waals surface area contributed by atoms with E-state index >= 15 is 0 Å². The van der Waals surface area contributed by atoms with Gasteiger partial charge in [-0.05, 0) is 55.1 Å². The molecule has 2 rings (SSSR count). The van der Waals surface area contributed by atoms with Gasteiger partial charge in [0.2, 0.25) is 0 Å². The number of hydrogen-bond acceptors (Lipinski definition) is 5. The van der Waals surface area contributed by atoms with Crippen LogP contribution in [0, 0.1) is 11.2 Å². The highest BCUT2D eigenvalue weighted by molar-refractivity contribution is 6.30. The molecule has 0 saturated heterocycles. The molecule has 0 aromatic heterocycles. The minimum absolute atomic E-state index is 0.0882. The van der Waals surface area contributed by atoms with Crippen molar-refractivity contribution in [1.82, 2.24) is 10.2 Å². The van der Waals surface area contributed by atoms with Crippen molar-refractivity contribution in [3.8, 4) is 0 Å². The Morgan fingerprint density at radius 2 is 2.20 bits per heavy atom. The third kappa shape index (κ3) is 5.64. The topological polar surface area (TPSA) is 63.8 Å². The highest BCUT2D eigenvalue weighted by Gasteiger charge is 2.21. The smallest absolute Gasteiger partial charge is 0.142 e. The van der Waals surface area contributed by atoms with E-state index in [1.165, 1.54) is 6.07 Å². The molecule has 1 aliphatic rings. The van der Waals surface area contributed by atoms with E-state index in [0.717, 1.165) is 29.5 Å². The third-order valence-corrected chi connectivity index (χ3v) is 4.80. The van der Waals surface area contributed by atoms with Gasteiger partial charge in [0, 0.05) is 36.9 Å². The summed E-state index contributed by atoms with van der Waals surface area (Å²) in [7, 11) is 1.73. The second kappa shape index (κ2) is 11.1. The lowest BCUT2D eigenvalue weighted by molar-refractivity contribution is 0.343. The summed E-state index contributed by atoms with van der Waals surface area (Å²) >= 11 is 5.83. The average Bonchev–Trinajstić information content (AvgIpc) is 2.74. The second-order valence-electron chi connectivity index (χ2n) is 6.38. The van der Waals surface area contributed by atoms with Crippen LogP contribution < -0.4 is 5.32 Å². The zero-order chi connectivity index (χ0) is 22.1. The number of rotatable bonds is 9. The molecule has 1 unspecified atom stereocenters. The number of allylic oxidation sites excluding steroid dienone is 5. The molecule has 1 aliphatic heterocycles. The fourth-order valence-corrected chi connectivity index (χ4v) is 3.16. The summed E-state index contributed by atoms with van der Waals surface area (Å²) in [4.78, 5) is 10.3. The molecular weight excluding hydrogens is 401 g/mol. The lowest BCUT2D eigenvalue weighted by Crippen LogP contribution is -2.24. The van der Waals surface area contributed by atoms with E-state index in [2.05, 4.69) is 28.6 Å². The van der Waals surface area contributed by atoms with E-state index in [1.807, 2.05) is 36.2 Å². The van der Waals surface area contributed by atoms with Crippen LogP contribution in [-0.2, 0) is 0 Å². The summed E-state index contributed by atoms with van der Waals surface area (Å²) in [5.74, 6) is 0.0867. The SMILES string of the molecule is C=N\C=C/C(=N\C(=C\C=N)NC)C1=CC(=C)N(C(CC)c2ccc(Cl)c(F)c2)C=C1. The number of halogens is 2. The van der Waals surface area contributed by atoms with Crippen LogP contribution in [-0.4, -0.2) is 30.6 Å². The molecule has 156 valence electrons. The molecule has 7 heteroatoms. The molecule has 1 aromatic carbocycles. The van der Waals surface area contributed by atoms with Crippen LogP contribution in [0.25, 0.3) is 0 Å². The van der Waals surface area contributed by atoms with Crippen LogP contribution in [0.3, 0.4) is 0 Å². The number of aliphatic imine (C=N–C) groups is 2. The molecule has 0 aliphatic carbocycles. The Bertz CT molecular complexity index is 972. The van der Waals surface area contributed by atoms with Crippen molar-refractivity contribution in [2.75, 3.05) is 7.05 Å². The van der Waals surface area contributed by atoms with Gasteiger partial charge in [-0.1, -0.05) is 31.2 Å². The fourth-order valence-electron chi connectivity index (χ4n) is 3.04. The summed E-state index contributed by atoms with van der Waals surface area (Å²) in [5, 5.41) is 10.3. The van der Waals surface area contributed by atoms with Gasteiger partial charge in [0.05, 0.1) is 16.8 Å². The number of nitrogens with zero attached hydrogens (tertiary/aromatic N) is 3. The van der Waals surface area contributed by atoms with Gasteiger partial charge in [0.25, 0.3) is 0 Å². The maximum absolute atomic E-state index is 14.0. The first kappa shape index (κ1) is 23.0. The first-order valence-corrected chi connectivity index (χ1v) is 9.75. The van der Waals surface area contributed by atoms with Crippen LogP contribution in [0.2, 0.25) is 5.02 Å². The zero-order valence-electron chi connectivity index (χ0n) is 17.1. The molecule has 0 radical (unpaired) electrons. The van der Waals surface area contributed by atoms with E-state index in [-0.39, 0.29) is 11.1 Å². The Kier molecular flexibility index (Phi) is 8.50. The van der Waals surface area contributed by atoms with Crippen molar-refractivity contribution in [3.63, 3.8) is 0 Å². The van der Waals surface area contributed by atoms with Gasteiger partial charge in [0.1, 0.15) is 11.6 Å². The largest absolute Gasteiger partial charge is 0.373 e. The van der Waals surface area contributed by atoms with Gasteiger partial charge < -0.3 is 15.6 Å². The van der Waals surface area contributed by atoms with Gasteiger partial charge in [-0.3, -0.25) is 4.99 Å². The Labute approximate surface area is 181 Å². The van der Waals surface area contributed by atoms with Gasteiger partial charge in [-0.25, -0.2) is 9.38 Å². The Balaban J connectivity index is 2.38. The molecule has 0 bridgehead atoms. The van der Waals surface area contributed by atoms with Crippen molar-refractivity contribution in [1.29, 1.82) is 5.41 Å². The normalized spacial score (nSPS) is 15.9. The summed E-state index contributed by atoms with van der Waals surface area (Å²) < 4.78 is 14.0. The van der Waals surface area contributed by atoms with Crippen molar-refractivity contribution in [2.24, 2.45) is 9.98 Å². The Hall–Kier alpha value is -3.25. The molecule has 5 nitrogen and oxygen atoms in total. The van der Waals surface area contributed by atoms with E-state index in [1.54, 1.807) is 31.5 Å². The molecule has 2 N–H and O–H groups in total. The fraction of sp³-hybridized carbons (Fsp3) is 0.174. The highest BCUT2D eigenvalue weighted by atomic mass is 35.5. The summed E-state index contributed by atoms with van der Waals surface area (Å²) in [6, 6.07) is 4.77. The monoisotopic (exact) mass is 425 g/mol. The van der Waals surface area contributed by atoms with Gasteiger partial charge in [0.15, 0.2) is 0 Å². The molecular formula is C23H25ClFN5. The predicted molar refractivity (Wildman–Crippen MR) is 125 cm³/mol. The number of benzene rings is 1. The Morgan fingerprint density at radius 1 is 1.43 bits per heavy atom. The molecule has 0 saturated carbocycles. The van der Waals surface area contributed by atoms with Crippen LogP contribution in [0.15, 0.2) is 88.6 Å². The lowest BCUT2D eigenvalue weighted by Gasteiger charge is -2.33. The van der Waals surface area contributed by atoms with E-state index in [9.17, 15) is 4.39 Å². The molecule has 1 aromatic rings. The molecule has 0 spiro atoms. The van der Waals surface area contributed by atoms with E-state index < -0.39 is 5.82 Å². The second-order valence-corrected chi connectivity index (χ2v) is 6.78.